The smallest absolute Gasteiger partial charge is 0.0890 e. The standard InChI is InChI=1S/C12H15N3/c1-9(2)15-8-10-3-4-11-12(7-10)14-6-5-13-11/h3-7,9,15H,8H2,1-2H3. The molecule has 1 aromatic heterocycles. The molecule has 2 aromatic rings. The summed E-state index contributed by atoms with van der Waals surface area (Å²) in [6.45, 7) is 5.16. The molecule has 3 nitrogen and oxygen atoms in total. The van der Waals surface area contributed by atoms with Crippen LogP contribution in [0.2, 0.25) is 0 Å². The van der Waals surface area contributed by atoms with Crippen LogP contribution in [0.25, 0.3) is 11.0 Å². The summed E-state index contributed by atoms with van der Waals surface area (Å²) in [6, 6.07) is 6.69. The van der Waals surface area contributed by atoms with Crippen molar-refractivity contribution in [3.63, 3.8) is 0 Å². The highest BCUT2D eigenvalue weighted by atomic mass is 14.9. The van der Waals surface area contributed by atoms with Gasteiger partial charge in [-0.05, 0) is 17.7 Å². The minimum absolute atomic E-state index is 0.502. The average molecular weight is 201 g/mol. The van der Waals surface area contributed by atoms with Gasteiger partial charge in [0.2, 0.25) is 0 Å². The predicted octanol–water partition coefficient (Wildman–Crippen LogP) is 2.13. The molecule has 0 amide bonds. The third kappa shape index (κ3) is 2.50. The van der Waals surface area contributed by atoms with Crippen molar-refractivity contribution < 1.29 is 0 Å². The molecule has 1 aromatic carbocycles. The average Bonchev–Trinajstić information content (AvgIpc) is 2.26. The lowest BCUT2D eigenvalue weighted by Crippen LogP contribution is -2.21. The minimum atomic E-state index is 0.502. The Balaban J connectivity index is 2.23. The number of benzene rings is 1. The molecule has 15 heavy (non-hydrogen) atoms. The Morgan fingerprint density at radius 1 is 1.13 bits per heavy atom. The SMILES string of the molecule is CC(C)NCc1ccc2nccnc2c1. The van der Waals surface area contributed by atoms with Crippen LogP contribution in [0.15, 0.2) is 30.6 Å². The maximum atomic E-state index is 4.28. The van der Waals surface area contributed by atoms with Crippen molar-refractivity contribution >= 4 is 11.0 Å². The van der Waals surface area contributed by atoms with Gasteiger partial charge in [-0.3, -0.25) is 9.97 Å². The zero-order valence-electron chi connectivity index (χ0n) is 9.07. The second-order valence-corrected chi connectivity index (χ2v) is 3.92. The van der Waals surface area contributed by atoms with Crippen LogP contribution < -0.4 is 5.32 Å². The van der Waals surface area contributed by atoms with Gasteiger partial charge < -0.3 is 5.32 Å². The van der Waals surface area contributed by atoms with Gasteiger partial charge in [0.1, 0.15) is 0 Å². The minimum Gasteiger partial charge on any atom is -0.310 e. The highest BCUT2D eigenvalue weighted by Crippen LogP contribution is 2.10. The molecule has 0 saturated heterocycles. The monoisotopic (exact) mass is 201 g/mol. The molecule has 0 saturated carbocycles. The third-order valence-electron chi connectivity index (χ3n) is 2.25. The van der Waals surface area contributed by atoms with Crippen LogP contribution in [-0.4, -0.2) is 16.0 Å². The van der Waals surface area contributed by atoms with E-state index in [1.807, 2.05) is 6.07 Å². The topological polar surface area (TPSA) is 37.8 Å². The van der Waals surface area contributed by atoms with E-state index in [1.165, 1.54) is 5.56 Å². The highest BCUT2D eigenvalue weighted by Gasteiger charge is 1.98. The van der Waals surface area contributed by atoms with E-state index in [0.29, 0.717) is 6.04 Å². The molecular formula is C12H15N3. The lowest BCUT2D eigenvalue weighted by molar-refractivity contribution is 0.589. The summed E-state index contributed by atoms with van der Waals surface area (Å²) in [7, 11) is 0. The summed E-state index contributed by atoms with van der Waals surface area (Å²) in [6.07, 6.45) is 3.44. The Morgan fingerprint density at radius 2 is 1.87 bits per heavy atom. The first kappa shape index (κ1) is 10.1. The molecule has 0 aliphatic carbocycles. The van der Waals surface area contributed by atoms with E-state index in [-0.39, 0.29) is 0 Å². The maximum Gasteiger partial charge on any atom is 0.0890 e. The Morgan fingerprint density at radius 3 is 2.60 bits per heavy atom. The van der Waals surface area contributed by atoms with Crippen LogP contribution in [0.5, 0.6) is 0 Å². The normalized spacial score (nSPS) is 11.1. The Bertz CT molecular complexity index is 451. The molecule has 2 rings (SSSR count). The Kier molecular flexibility index (Phi) is 2.92. The fourth-order valence-electron chi connectivity index (χ4n) is 1.44. The number of rotatable bonds is 3. The first-order valence-electron chi connectivity index (χ1n) is 5.19. The van der Waals surface area contributed by atoms with E-state index >= 15 is 0 Å². The van der Waals surface area contributed by atoms with Crippen molar-refractivity contribution in [2.45, 2.75) is 26.4 Å². The molecule has 0 atom stereocenters. The molecule has 1 N–H and O–H groups in total. The van der Waals surface area contributed by atoms with Gasteiger partial charge >= 0.3 is 0 Å². The van der Waals surface area contributed by atoms with Crippen molar-refractivity contribution in [3.05, 3.63) is 36.2 Å². The second-order valence-electron chi connectivity index (χ2n) is 3.92. The molecule has 0 fully saturated rings. The van der Waals surface area contributed by atoms with E-state index in [1.54, 1.807) is 12.4 Å². The molecule has 1 heterocycles. The number of aromatic nitrogens is 2. The van der Waals surface area contributed by atoms with E-state index < -0.39 is 0 Å². The van der Waals surface area contributed by atoms with Crippen molar-refractivity contribution in [3.8, 4) is 0 Å². The van der Waals surface area contributed by atoms with E-state index in [2.05, 4.69) is 41.3 Å². The maximum absolute atomic E-state index is 4.28. The zero-order valence-corrected chi connectivity index (χ0v) is 9.07. The molecule has 0 spiro atoms. The van der Waals surface area contributed by atoms with Gasteiger partial charge in [-0.15, -0.1) is 0 Å². The van der Waals surface area contributed by atoms with Crippen molar-refractivity contribution in [2.24, 2.45) is 0 Å². The van der Waals surface area contributed by atoms with Gasteiger partial charge in [0, 0.05) is 25.0 Å². The zero-order chi connectivity index (χ0) is 10.7. The van der Waals surface area contributed by atoms with Crippen LogP contribution in [0.3, 0.4) is 0 Å². The van der Waals surface area contributed by atoms with E-state index in [0.717, 1.165) is 17.6 Å². The summed E-state index contributed by atoms with van der Waals surface area (Å²) in [5.74, 6) is 0. The van der Waals surface area contributed by atoms with E-state index in [4.69, 9.17) is 0 Å². The summed E-state index contributed by atoms with van der Waals surface area (Å²) >= 11 is 0. The van der Waals surface area contributed by atoms with Gasteiger partial charge in [0.25, 0.3) is 0 Å². The van der Waals surface area contributed by atoms with Crippen LogP contribution >= 0.6 is 0 Å². The fourth-order valence-corrected chi connectivity index (χ4v) is 1.44. The van der Waals surface area contributed by atoms with Crippen LogP contribution in [-0.2, 0) is 6.54 Å². The summed E-state index contributed by atoms with van der Waals surface area (Å²) in [5, 5.41) is 3.38. The van der Waals surface area contributed by atoms with Crippen LogP contribution in [0.1, 0.15) is 19.4 Å². The molecule has 0 bridgehead atoms. The Labute approximate surface area is 89.6 Å². The number of fused-ring (bicyclic) bond motifs is 1. The van der Waals surface area contributed by atoms with Gasteiger partial charge in [0.15, 0.2) is 0 Å². The van der Waals surface area contributed by atoms with Gasteiger partial charge in [-0.1, -0.05) is 19.9 Å². The van der Waals surface area contributed by atoms with E-state index in [9.17, 15) is 0 Å². The molecule has 0 aliphatic rings. The first-order chi connectivity index (χ1) is 7.25. The molecule has 3 heteroatoms. The predicted molar refractivity (Wildman–Crippen MR) is 61.5 cm³/mol. The van der Waals surface area contributed by atoms with Crippen molar-refractivity contribution in [2.75, 3.05) is 0 Å². The van der Waals surface area contributed by atoms with Crippen LogP contribution in [0.4, 0.5) is 0 Å². The second kappa shape index (κ2) is 4.36. The summed E-state index contributed by atoms with van der Waals surface area (Å²) in [4.78, 5) is 8.51. The van der Waals surface area contributed by atoms with Gasteiger partial charge in [0.05, 0.1) is 11.0 Å². The molecule has 0 unspecified atom stereocenters. The lowest BCUT2D eigenvalue weighted by Gasteiger charge is -2.08. The molecule has 0 radical (unpaired) electrons. The van der Waals surface area contributed by atoms with Gasteiger partial charge in [-0.25, -0.2) is 0 Å². The van der Waals surface area contributed by atoms with Gasteiger partial charge in [-0.2, -0.15) is 0 Å². The largest absolute Gasteiger partial charge is 0.310 e. The summed E-state index contributed by atoms with van der Waals surface area (Å²) in [5.41, 5.74) is 3.16. The number of hydrogen-bond donors (Lipinski definition) is 1. The number of nitrogens with one attached hydrogen (secondary N) is 1. The van der Waals surface area contributed by atoms with Crippen molar-refractivity contribution in [1.29, 1.82) is 0 Å². The summed E-state index contributed by atoms with van der Waals surface area (Å²) < 4.78 is 0. The fraction of sp³-hybridized carbons (Fsp3) is 0.333. The highest BCUT2D eigenvalue weighted by molar-refractivity contribution is 5.74. The Hall–Kier alpha value is -1.48. The third-order valence-corrected chi connectivity index (χ3v) is 2.25. The quantitative estimate of drug-likeness (QED) is 0.826. The lowest BCUT2D eigenvalue weighted by atomic mass is 10.2. The van der Waals surface area contributed by atoms with Crippen LogP contribution in [0, 0.1) is 0 Å². The van der Waals surface area contributed by atoms with Crippen molar-refractivity contribution in [1.82, 2.24) is 15.3 Å². The number of nitrogens with zero attached hydrogens (tertiary/aromatic N) is 2. The molecule has 0 aliphatic heterocycles. The first-order valence-corrected chi connectivity index (χ1v) is 5.19. The molecular weight excluding hydrogens is 186 g/mol. The molecule has 78 valence electrons. The number of hydrogen-bond acceptors (Lipinski definition) is 3.